The summed E-state index contributed by atoms with van der Waals surface area (Å²) in [7, 11) is -2.47. The minimum atomic E-state index is -4.06. The number of methoxy groups -OCH3 is 1. The van der Waals surface area contributed by atoms with Gasteiger partial charge in [0.15, 0.2) is 0 Å². The summed E-state index contributed by atoms with van der Waals surface area (Å²) in [6.07, 6.45) is 0. The van der Waals surface area contributed by atoms with Gasteiger partial charge in [0, 0.05) is 18.4 Å². The Hall–Kier alpha value is -3.23. The molecule has 8 heteroatoms. The number of halogens is 1. The summed E-state index contributed by atoms with van der Waals surface area (Å²) in [5.41, 5.74) is 1.96. The van der Waals surface area contributed by atoms with E-state index in [2.05, 4.69) is 10.0 Å². The van der Waals surface area contributed by atoms with Gasteiger partial charge in [-0.15, -0.1) is 0 Å². The highest BCUT2D eigenvalue weighted by Crippen LogP contribution is 2.24. The van der Waals surface area contributed by atoms with E-state index in [4.69, 9.17) is 4.74 Å². The molecule has 0 aliphatic carbocycles. The second kappa shape index (κ2) is 9.06. The van der Waals surface area contributed by atoms with E-state index < -0.39 is 15.8 Å². The number of benzene rings is 3. The Labute approximate surface area is 174 Å². The van der Waals surface area contributed by atoms with Gasteiger partial charge in [0.05, 0.1) is 17.2 Å². The molecule has 0 fully saturated rings. The average Bonchev–Trinajstić information content (AvgIpc) is 2.71. The van der Waals surface area contributed by atoms with Crippen LogP contribution in [0.15, 0.2) is 71.6 Å². The van der Waals surface area contributed by atoms with Crippen LogP contribution in [0.4, 0.5) is 15.8 Å². The number of para-hydroxylation sites is 1. The molecule has 2 N–H and O–H groups in total. The van der Waals surface area contributed by atoms with E-state index in [0.717, 1.165) is 5.56 Å². The highest BCUT2D eigenvalue weighted by atomic mass is 32.2. The molecule has 0 aromatic heterocycles. The summed E-state index contributed by atoms with van der Waals surface area (Å²) in [4.78, 5) is 12.5. The number of ether oxygens (including phenoxy) is 1. The molecule has 30 heavy (non-hydrogen) atoms. The lowest BCUT2D eigenvalue weighted by molar-refractivity contribution is 0.102. The van der Waals surface area contributed by atoms with Crippen LogP contribution >= 0.6 is 0 Å². The molecule has 0 aliphatic rings. The first kappa shape index (κ1) is 21.5. The number of aryl methyl sites for hydroxylation is 1. The molecule has 156 valence electrons. The highest BCUT2D eigenvalue weighted by Gasteiger charge is 2.20. The molecule has 3 aromatic carbocycles. The van der Waals surface area contributed by atoms with Crippen LogP contribution < -0.4 is 10.0 Å². The molecule has 0 bridgehead atoms. The molecule has 3 aromatic rings. The van der Waals surface area contributed by atoms with Crippen molar-refractivity contribution in [1.29, 1.82) is 0 Å². The highest BCUT2D eigenvalue weighted by molar-refractivity contribution is 7.92. The van der Waals surface area contributed by atoms with Gasteiger partial charge in [0.1, 0.15) is 5.82 Å². The summed E-state index contributed by atoms with van der Waals surface area (Å²) in [5, 5.41) is 2.69. The fourth-order valence-corrected chi connectivity index (χ4v) is 4.17. The molecular formula is C22H21FN2O4S. The van der Waals surface area contributed by atoms with Crippen molar-refractivity contribution in [2.24, 2.45) is 0 Å². The number of hydrogen-bond donors (Lipinski definition) is 2. The van der Waals surface area contributed by atoms with Crippen molar-refractivity contribution in [3.8, 4) is 0 Å². The number of amides is 1. The predicted molar refractivity (Wildman–Crippen MR) is 113 cm³/mol. The zero-order valence-corrected chi connectivity index (χ0v) is 17.3. The van der Waals surface area contributed by atoms with Gasteiger partial charge in [-0.25, -0.2) is 12.8 Å². The van der Waals surface area contributed by atoms with Gasteiger partial charge < -0.3 is 10.1 Å². The first-order valence-corrected chi connectivity index (χ1v) is 10.6. The van der Waals surface area contributed by atoms with Crippen molar-refractivity contribution in [2.75, 3.05) is 17.1 Å². The lowest BCUT2D eigenvalue weighted by atomic mass is 10.1. The van der Waals surface area contributed by atoms with Crippen LogP contribution in [0, 0.1) is 12.7 Å². The van der Waals surface area contributed by atoms with Gasteiger partial charge >= 0.3 is 0 Å². The summed E-state index contributed by atoms with van der Waals surface area (Å²) >= 11 is 0. The maximum absolute atomic E-state index is 13.9. The van der Waals surface area contributed by atoms with E-state index in [0.29, 0.717) is 23.4 Å². The molecule has 0 heterocycles. The van der Waals surface area contributed by atoms with E-state index in [1.165, 1.54) is 30.3 Å². The summed E-state index contributed by atoms with van der Waals surface area (Å²) in [6, 6.07) is 16.9. The normalized spacial score (nSPS) is 11.2. The number of sulfonamides is 1. The molecule has 0 spiro atoms. The summed E-state index contributed by atoms with van der Waals surface area (Å²) < 4.78 is 46.7. The Morgan fingerprint density at radius 2 is 1.73 bits per heavy atom. The minimum Gasteiger partial charge on any atom is -0.380 e. The van der Waals surface area contributed by atoms with Crippen molar-refractivity contribution in [3.63, 3.8) is 0 Å². The standard InChI is InChI=1S/C22H21FN2O4S/c1-15-7-12-18(24-22(26)17-10-8-16(9-11-17)14-29-2)13-21(15)30(27,28)25-20-6-4-3-5-19(20)23/h3-13,25H,14H2,1-2H3,(H,24,26). The van der Waals surface area contributed by atoms with Crippen molar-refractivity contribution >= 4 is 27.3 Å². The number of hydrogen-bond acceptors (Lipinski definition) is 4. The Kier molecular flexibility index (Phi) is 6.49. The van der Waals surface area contributed by atoms with E-state index in [1.54, 1.807) is 50.4 Å². The maximum Gasteiger partial charge on any atom is 0.262 e. The third-order valence-electron chi connectivity index (χ3n) is 4.38. The van der Waals surface area contributed by atoms with Crippen LogP contribution in [0.3, 0.4) is 0 Å². The molecule has 0 saturated carbocycles. The van der Waals surface area contributed by atoms with Gasteiger partial charge in [-0.1, -0.05) is 30.3 Å². The van der Waals surface area contributed by atoms with Gasteiger partial charge in [-0.3, -0.25) is 9.52 Å². The monoisotopic (exact) mass is 428 g/mol. The van der Waals surface area contributed by atoms with E-state index in [1.807, 2.05) is 0 Å². The molecule has 1 amide bonds. The number of anilines is 2. The molecule has 0 unspecified atom stereocenters. The van der Waals surface area contributed by atoms with Crippen molar-refractivity contribution in [3.05, 3.63) is 89.2 Å². The van der Waals surface area contributed by atoms with E-state index in [-0.39, 0.29) is 16.5 Å². The third-order valence-corrected chi connectivity index (χ3v) is 5.89. The third kappa shape index (κ3) is 5.03. The van der Waals surface area contributed by atoms with Gasteiger partial charge in [-0.05, 0) is 54.4 Å². The summed E-state index contributed by atoms with van der Waals surface area (Å²) in [6.45, 7) is 2.06. The maximum atomic E-state index is 13.9. The molecular weight excluding hydrogens is 407 g/mol. The van der Waals surface area contributed by atoms with Gasteiger partial charge in [-0.2, -0.15) is 0 Å². The van der Waals surface area contributed by atoms with Crippen LogP contribution in [0.1, 0.15) is 21.5 Å². The van der Waals surface area contributed by atoms with Crippen molar-refractivity contribution in [1.82, 2.24) is 0 Å². The number of carbonyl (C=O) groups is 1. The Bertz CT molecular complexity index is 1160. The smallest absolute Gasteiger partial charge is 0.262 e. The topological polar surface area (TPSA) is 84.5 Å². The van der Waals surface area contributed by atoms with Crippen molar-refractivity contribution in [2.45, 2.75) is 18.4 Å². The summed E-state index contributed by atoms with van der Waals surface area (Å²) in [5.74, 6) is -1.06. The first-order chi connectivity index (χ1) is 14.3. The molecule has 0 saturated heterocycles. The quantitative estimate of drug-likeness (QED) is 0.587. The van der Waals surface area contributed by atoms with Crippen LogP contribution in [0.5, 0.6) is 0 Å². The van der Waals surface area contributed by atoms with Crippen molar-refractivity contribution < 1.29 is 22.3 Å². The Balaban J connectivity index is 1.82. The Morgan fingerprint density at radius 1 is 1.03 bits per heavy atom. The fraction of sp³-hybridized carbons (Fsp3) is 0.136. The van der Waals surface area contributed by atoms with E-state index >= 15 is 0 Å². The molecule has 0 radical (unpaired) electrons. The SMILES string of the molecule is COCc1ccc(C(=O)Nc2ccc(C)c(S(=O)(=O)Nc3ccccc3F)c2)cc1. The minimum absolute atomic E-state index is 0.0565. The van der Waals surface area contributed by atoms with E-state index in [9.17, 15) is 17.6 Å². The average molecular weight is 428 g/mol. The zero-order valence-electron chi connectivity index (χ0n) is 16.5. The van der Waals surface area contributed by atoms with Gasteiger partial charge in [0.2, 0.25) is 0 Å². The lowest BCUT2D eigenvalue weighted by Gasteiger charge is -2.13. The molecule has 0 aliphatic heterocycles. The molecule has 3 rings (SSSR count). The molecule has 0 atom stereocenters. The molecule has 6 nitrogen and oxygen atoms in total. The zero-order chi connectivity index (χ0) is 21.7. The number of nitrogens with one attached hydrogen (secondary N) is 2. The van der Waals surface area contributed by atoms with Crippen LogP contribution in [0.25, 0.3) is 0 Å². The van der Waals surface area contributed by atoms with Crippen LogP contribution in [-0.4, -0.2) is 21.4 Å². The number of rotatable bonds is 7. The van der Waals surface area contributed by atoms with Crippen LogP contribution in [0.2, 0.25) is 0 Å². The van der Waals surface area contributed by atoms with Gasteiger partial charge in [0.25, 0.3) is 15.9 Å². The predicted octanol–water partition coefficient (Wildman–Crippen LogP) is 4.33. The first-order valence-electron chi connectivity index (χ1n) is 9.07. The second-order valence-electron chi connectivity index (χ2n) is 6.65. The largest absolute Gasteiger partial charge is 0.380 e. The van der Waals surface area contributed by atoms with Crippen LogP contribution in [-0.2, 0) is 21.4 Å². The lowest BCUT2D eigenvalue weighted by Crippen LogP contribution is -2.17. The number of carbonyl (C=O) groups excluding carboxylic acids is 1. The second-order valence-corrected chi connectivity index (χ2v) is 8.30. The fourth-order valence-electron chi connectivity index (χ4n) is 2.83. The Morgan fingerprint density at radius 3 is 2.40 bits per heavy atom.